The van der Waals surface area contributed by atoms with Gasteiger partial charge < -0.3 is 9.32 Å². The highest BCUT2D eigenvalue weighted by molar-refractivity contribution is 7.26. The summed E-state index contributed by atoms with van der Waals surface area (Å²) in [6.45, 7) is 0. The van der Waals surface area contributed by atoms with E-state index in [0.717, 1.165) is 39.0 Å². The molecule has 0 radical (unpaired) electrons. The molecule has 0 aliphatic carbocycles. The maximum Gasteiger partial charge on any atom is 0.144 e. The molecule has 10 aromatic rings. The molecule has 2 nitrogen and oxygen atoms in total. The molecule has 0 aliphatic heterocycles. The summed E-state index contributed by atoms with van der Waals surface area (Å²) >= 11 is 1.83. The van der Waals surface area contributed by atoms with Crippen LogP contribution in [0.4, 0.5) is 17.1 Å². The summed E-state index contributed by atoms with van der Waals surface area (Å²) in [5.41, 5.74) is 7.64. The number of anilines is 3. The number of benzene rings is 8. The molecule has 0 aliphatic rings. The van der Waals surface area contributed by atoms with Gasteiger partial charge in [-0.3, -0.25) is 0 Å². The molecule has 8 aromatic carbocycles. The van der Waals surface area contributed by atoms with E-state index in [9.17, 15) is 0 Å². The third-order valence-corrected chi connectivity index (χ3v) is 10.5. The van der Waals surface area contributed by atoms with Crippen LogP contribution in [0.25, 0.3) is 74.8 Å². The molecule has 0 saturated carbocycles. The van der Waals surface area contributed by atoms with E-state index in [1.165, 1.54) is 52.8 Å². The van der Waals surface area contributed by atoms with Gasteiger partial charge in [0, 0.05) is 42.3 Å². The maximum absolute atomic E-state index is 6.77. The minimum Gasteiger partial charge on any atom is -0.455 e. The van der Waals surface area contributed by atoms with Crippen molar-refractivity contribution in [3.63, 3.8) is 0 Å². The molecule has 0 atom stereocenters. The standard InChI is InChI=1S/C44H27NOS/c1-2-13-34(14-3-1)45(35-21-19-29(20-22-35)33-18-17-28-9-4-5-10-30(28)25-33)38-15-8-16-40-42(38)43-41(47-40)24-23-36-37-26-31-11-6-7-12-32(31)27-39(37)46-44(36)43/h1-27H. The molecule has 0 bridgehead atoms. The van der Waals surface area contributed by atoms with Crippen molar-refractivity contribution in [3.05, 3.63) is 164 Å². The van der Waals surface area contributed by atoms with Crippen LogP contribution in [0.3, 0.4) is 0 Å². The predicted octanol–water partition coefficient (Wildman–Crippen LogP) is 13.4. The summed E-state index contributed by atoms with van der Waals surface area (Å²) in [4.78, 5) is 2.38. The van der Waals surface area contributed by atoms with Crippen LogP contribution in [0.15, 0.2) is 168 Å². The van der Waals surface area contributed by atoms with Crippen LogP contribution in [0.2, 0.25) is 0 Å². The van der Waals surface area contributed by atoms with E-state index in [0.29, 0.717) is 0 Å². The van der Waals surface area contributed by atoms with Gasteiger partial charge in [-0.1, -0.05) is 97.1 Å². The van der Waals surface area contributed by atoms with E-state index < -0.39 is 0 Å². The SMILES string of the molecule is c1ccc(N(c2ccc(-c3ccc4ccccc4c3)cc2)c2cccc3sc4ccc5c6cc7ccccc7cc6oc5c4c23)cc1. The van der Waals surface area contributed by atoms with Gasteiger partial charge in [-0.05, 0) is 99.4 Å². The van der Waals surface area contributed by atoms with Gasteiger partial charge in [-0.15, -0.1) is 11.3 Å². The Bertz CT molecular complexity index is 2790. The van der Waals surface area contributed by atoms with Crippen LogP contribution in [-0.2, 0) is 0 Å². The first-order chi connectivity index (χ1) is 23.3. The van der Waals surface area contributed by atoms with Crippen LogP contribution >= 0.6 is 11.3 Å². The van der Waals surface area contributed by atoms with Gasteiger partial charge in [-0.25, -0.2) is 0 Å². The van der Waals surface area contributed by atoms with Gasteiger partial charge >= 0.3 is 0 Å². The van der Waals surface area contributed by atoms with Crippen molar-refractivity contribution in [1.82, 2.24) is 0 Å². The highest BCUT2D eigenvalue weighted by Gasteiger charge is 2.22. The second-order valence-corrected chi connectivity index (χ2v) is 13.2. The largest absolute Gasteiger partial charge is 0.455 e. The van der Waals surface area contributed by atoms with E-state index in [1.807, 2.05) is 11.3 Å². The first kappa shape index (κ1) is 26.3. The van der Waals surface area contributed by atoms with Gasteiger partial charge in [0.15, 0.2) is 0 Å². The first-order valence-electron chi connectivity index (χ1n) is 15.9. The Labute approximate surface area is 275 Å². The molecule has 0 amide bonds. The zero-order valence-corrected chi connectivity index (χ0v) is 26.2. The molecule has 0 saturated heterocycles. The second-order valence-electron chi connectivity index (χ2n) is 12.1. The molecule has 3 heteroatoms. The molecule has 220 valence electrons. The highest BCUT2D eigenvalue weighted by atomic mass is 32.1. The summed E-state index contributed by atoms with van der Waals surface area (Å²) in [6.07, 6.45) is 0. The lowest BCUT2D eigenvalue weighted by molar-refractivity contribution is 0.673. The minimum absolute atomic E-state index is 0.923. The zero-order chi connectivity index (χ0) is 30.9. The fourth-order valence-corrected chi connectivity index (χ4v) is 8.29. The average molecular weight is 618 g/mol. The number of para-hydroxylation sites is 1. The molecular weight excluding hydrogens is 591 g/mol. The van der Waals surface area contributed by atoms with E-state index in [-0.39, 0.29) is 0 Å². The summed E-state index contributed by atoms with van der Waals surface area (Å²) < 4.78 is 9.24. The van der Waals surface area contributed by atoms with Crippen molar-refractivity contribution in [2.24, 2.45) is 0 Å². The van der Waals surface area contributed by atoms with Crippen molar-refractivity contribution in [1.29, 1.82) is 0 Å². The van der Waals surface area contributed by atoms with Crippen molar-refractivity contribution < 1.29 is 4.42 Å². The Balaban J connectivity index is 1.19. The first-order valence-corrected chi connectivity index (χ1v) is 16.7. The number of rotatable bonds is 4. The second kappa shape index (κ2) is 10.3. The number of fused-ring (bicyclic) bond motifs is 9. The smallest absolute Gasteiger partial charge is 0.144 e. The quantitative estimate of drug-likeness (QED) is 0.195. The monoisotopic (exact) mass is 617 g/mol. The van der Waals surface area contributed by atoms with Gasteiger partial charge in [0.25, 0.3) is 0 Å². The van der Waals surface area contributed by atoms with Crippen molar-refractivity contribution in [2.45, 2.75) is 0 Å². The zero-order valence-electron chi connectivity index (χ0n) is 25.4. The number of thiophene rings is 1. The Morgan fingerprint density at radius 1 is 0.426 bits per heavy atom. The molecule has 0 spiro atoms. The highest BCUT2D eigenvalue weighted by Crippen LogP contribution is 2.48. The van der Waals surface area contributed by atoms with Crippen LogP contribution in [0.1, 0.15) is 0 Å². The predicted molar refractivity (Wildman–Crippen MR) is 202 cm³/mol. The molecule has 2 aromatic heterocycles. The van der Waals surface area contributed by atoms with Crippen LogP contribution < -0.4 is 4.90 Å². The fourth-order valence-electron chi connectivity index (χ4n) is 7.17. The Hall–Kier alpha value is -5.90. The lowest BCUT2D eigenvalue weighted by Crippen LogP contribution is -2.10. The molecule has 0 fully saturated rings. The van der Waals surface area contributed by atoms with Gasteiger partial charge in [-0.2, -0.15) is 0 Å². The number of furan rings is 1. The fraction of sp³-hybridized carbons (Fsp3) is 0. The van der Waals surface area contributed by atoms with E-state index in [2.05, 4.69) is 169 Å². The maximum atomic E-state index is 6.77. The molecular formula is C44H27NOS. The third-order valence-electron chi connectivity index (χ3n) is 9.41. The van der Waals surface area contributed by atoms with E-state index in [1.54, 1.807) is 0 Å². The summed E-state index contributed by atoms with van der Waals surface area (Å²) in [6, 6.07) is 59.0. The molecule has 0 N–H and O–H groups in total. The van der Waals surface area contributed by atoms with E-state index in [4.69, 9.17) is 4.42 Å². The Morgan fingerprint density at radius 3 is 1.89 bits per heavy atom. The molecule has 10 rings (SSSR count). The third kappa shape index (κ3) is 4.17. The Morgan fingerprint density at radius 2 is 1.09 bits per heavy atom. The summed E-state index contributed by atoms with van der Waals surface area (Å²) in [5.74, 6) is 0. The number of hydrogen-bond acceptors (Lipinski definition) is 3. The minimum atomic E-state index is 0.923. The summed E-state index contributed by atoms with van der Waals surface area (Å²) in [5, 5.41) is 9.61. The lowest BCUT2D eigenvalue weighted by Gasteiger charge is -2.26. The Kier molecular flexibility index (Phi) is 5.78. The van der Waals surface area contributed by atoms with Crippen molar-refractivity contribution in [2.75, 3.05) is 4.90 Å². The molecule has 2 heterocycles. The number of nitrogens with zero attached hydrogens (tertiary/aromatic N) is 1. The number of hydrogen-bond donors (Lipinski definition) is 0. The van der Waals surface area contributed by atoms with Crippen LogP contribution in [0, 0.1) is 0 Å². The van der Waals surface area contributed by atoms with Gasteiger partial charge in [0.05, 0.1) is 5.69 Å². The van der Waals surface area contributed by atoms with Gasteiger partial charge in [0.2, 0.25) is 0 Å². The van der Waals surface area contributed by atoms with Crippen LogP contribution in [0.5, 0.6) is 0 Å². The van der Waals surface area contributed by atoms with Crippen molar-refractivity contribution >= 4 is 92.1 Å². The van der Waals surface area contributed by atoms with Crippen LogP contribution in [-0.4, -0.2) is 0 Å². The average Bonchev–Trinajstić information content (AvgIpc) is 3.69. The van der Waals surface area contributed by atoms with Crippen molar-refractivity contribution in [3.8, 4) is 11.1 Å². The topological polar surface area (TPSA) is 16.4 Å². The normalized spacial score (nSPS) is 11.8. The molecule has 0 unspecified atom stereocenters. The molecule has 47 heavy (non-hydrogen) atoms. The lowest BCUT2D eigenvalue weighted by atomic mass is 10.0. The summed E-state index contributed by atoms with van der Waals surface area (Å²) in [7, 11) is 0. The van der Waals surface area contributed by atoms with E-state index >= 15 is 0 Å². The van der Waals surface area contributed by atoms with Gasteiger partial charge in [0.1, 0.15) is 11.2 Å².